The summed E-state index contributed by atoms with van der Waals surface area (Å²) < 4.78 is 0. The topological polar surface area (TPSA) is 151 Å². The molecule has 3 amide bonds. The predicted octanol–water partition coefficient (Wildman–Crippen LogP) is -1.90. The smallest absolute Gasteiger partial charge is 0.326 e. The average molecular weight is 413 g/mol. The number of thiol groups is 2. The van der Waals surface area contributed by atoms with Gasteiger partial charge in [-0.1, -0.05) is 0 Å². The molecule has 3 unspecified atom stereocenters. The molecule has 0 aliphatic carbocycles. The van der Waals surface area contributed by atoms with Gasteiger partial charge in [-0.3, -0.25) is 14.4 Å². The minimum absolute atomic E-state index is 0.00393. The fourth-order valence-corrected chi connectivity index (χ4v) is 2.66. The SMILES string of the molecule is CSCCC(NC(=O)C(CS)NC(=O)C(CS)NC(=O)CN)C(=O)O. The van der Waals surface area contributed by atoms with Gasteiger partial charge in [0.15, 0.2) is 0 Å². The molecule has 0 bridgehead atoms. The van der Waals surface area contributed by atoms with Crippen LogP contribution in [0.3, 0.4) is 0 Å². The maximum Gasteiger partial charge on any atom is 0.326 e. The van der Waals surface area contributed by atoms with Crippen LogP contribution in [0.1, 0.15) is 6.42 Å². The predicted molar refractivity (Wildman–Crippen MR) is 103 cm³/mol. The van der Waals surface area contributed by atoms with Crippen LogP contribution in [0.15, 0.2) is 0 Å². The largest absolute Gasteiger partial charge is 0.480 e. The quantitative estimate of drug-likeness (QED) is 0.185. The lowest BCUT2D eigenvalue weighted by molar-refractivity contribution is -0.142. The number of carboxylic acid groups (broad SMARTS) is 1. The monoisotopic (exact) mass is 412 g/mol. The minimum Gasteiger partial charge on any atom is -0.480 e. The Morgan fingerprint density at radius 2 is 1.48 bits per heavy atom. The Kier molecular flexibility index (Phi) is 12.6. The molecule has 0 aliphatic rings. The van der Waals surface area contributed by atoms with Crippen LogP contribution in [0.5, 0.6) is 0 Å². The zero-order valence-corrected chi connectivity index (χ0v) is 16.3. The average Bonchev–Trinajstić information content (AvgIpc) is 2.59. The van der Waals surface area contributed by atoms with Crippen LogP contribution < -0.4 is 21.7 Å². The van der Waals surface area contributed by atoms with E-state index in [2.05, 4.69) is 41.2 Å². The zero-order valence-electron chi connectivity index (χ0n) is 13.7. The third kappa shape index (κ3) is 9.23. The highest BCUT2D eigenvalue weighted by atomic mass is 32.2. The standard InChI is InChI=1S/C13H24N4O5S3/c1-25-3-2-7(13(21)22)16-12(20)9(6-24)17-11(19)8(5-23)15-10(18)4-14/h7-9,23-24H,2-6,14H2,1H3,(H,15,18)(H,16,20)(H,17,19)(H,21,22). The Bertz CT molecular complexity index is 481. The van der Waals surface area contributed by atoms with Gasteiger partial charge in [-0.25, -0.2) is 4.79 Å². The molecule has 25 heavy (non-hydrogen) atoms. The van der Waals surface area contributed by atoms with Crippen LogP contribution in [0.2, 0.25) is 0 Å². The van der Waals surface area contributed by atoms with Crippen molar-refractivity contribution in [2.24, 2.45) is 5.73 Å². The fourth-order valence-electron chi connectivity index (χ4n) is 1.68. The number of rotatable bonds is 12. The molecule has 0 spiro atoms. The van der Waals surface area contributed by atoms with Crippen molar-refractivity contribution in [3.8, 4) is 0 Å². The summed E-state index contributed by atoms with van der Waals surface area (Å²) >= 11 is 9.44. The van der Waals surface area contributed by atoms with Crippen molar-refractivity contribution in [2.45, 2.75) is 24.5 Å². The van der Waals surface area contributed by atoms with E-state index >= 15 is 0 Å². The molecule has 9 nitrogen and oxygen atoms in total. The molecular weight excluding hydrogens is 388 g/mol. The minimum atomic E-state index is -1.16. The van der Waals surface area contributed by atoms with E-state index in [0.717, 1.165) is 0 Å². The van der Waals surface area contributed by atoms with Gasteiger partial charge < -0.3 is 26.8 Å². The third-order valence-electron chi connectivity index (χ3n) is 3.06. The molecule has 0 saturated heterocycles. The van der Waals surface area contributed by atoms with E-state index in [1.807, 2.05) is 6.26 Å². The molecule has 12 heteroatoms. The van der Waals surface area contributed by atoms with E-state index in [4.69, 9.17) is 10.8 Å². The first-order valence-corrected chi connectivity index (χ1v) is 10.00. The van der Waals surface area contributed by atoms with Crippen LogP contribution >= 0.6 is 37.0 Å². The van der Waals surface area contributed by atoms with E-state index in [0.29, 0.717) is 5.75 Å². The molecule has 0 aromatic rings. The summed E-state index contributed by atoms with van der Waals surface area (Å²) in [5.74, 6) is -2.48. The van der Waals surface area contributed by atoms with Crippen molar-refractivity contribution in [3.63, 3.8) is 0 Å². The summed E-state index contributed by atoms with van der Waals surface area (Å²) in [7, 11) is 0. The number of nitrogens with one attached hydrogen (secondary N) is 3. The summed E-state index contributed by atoms with van der Waals surface area (Å²) in [6, 6.07) is -3.08. The maximum atomic E-state index is 12.2. The first kappa shape index (κ1) is 23.9. The summed E-state index contributed by atoms with van der Waals surface area (Å²) in [4.78, 5) is 46.8. The lowest BCUT2D eigenvalue weighted by atomic mass is 10.2. The third-order valence-corrected chi connectivity index (χ3v) is 4.43. The normalized spacial score (nSPS) is 14.1. The van der Waals surface area contributed by atoms with Crippen molar-refractivity contribution >= 4 is 60.7 Å². The molecule has 0 aromatic heterocycles. The number of aliphatic carboxylic acids is 1. The molecular formula is C13H24N4O5S3. The highest BCUT2D eigenvalue weighted by Crippen LogP contribution is 2.02. The van der Waals surface area contributed by atoms with Crippen LogP contribution in [0.25, 0.3) is 0 Å². The van der Waals surface area contributed by atoms with Crippen LogP contribution in [-0.2, 0) is 19.2 Å². The lowest BCUT2D eigenvalue weighted by Crippen LogP contribution is -2.57. The van der Waals surface area contributed by atoms with Crippen molar-refractivity contribution in [3.05, 3.63) is 0 Å². The summed E-state index contributed by atoms with van der Waals surface area (Å²) in [6.45, 7) is -0.288. The molecule has 0 fully saturated rings. The highest BCUT2D eigenvalue weighted by molar-refractivity contribution is 7.98. The van der Waals surface area contributed by atoms with Gasteiger partial charge in [-0.05, 0) is 18.4 Å². The Hall–Kier alpha value is -1.11. The van der Waals surface area contributed by atoms with E-state index in [1.54, 1.807) is 0 Å². The maximum absolute atomic E-state index is 12.2. The van der Waals surface area contributed by atoms with Gasteiger partial charge in [0.05, 0.1) is 6.54 Å². The number of hydrogen-bond acceptors (Lipinski definition) is 8. The van der Waals surface area contributed by atoms with Crippen molar-refractivity contribution in [1.82, 2.24) is 16.0 Å². The molecule has 0 rings (SSSR count). The van der Waals surface area contributed by atoms with E-state index < -0.39 is 41.8 Å². The zero-order chi connectivity index (χ0) is 19.4. The molecule has 3 atom stereocenters. The van der Waals surface area contributed by atoms with Gasteiger partial charge in [-0.2, -0.15) is 37.0 Å². The number of carbonyl (C=O) groups excluding carboxylic acids is 3. The summed E-state index contributed by atoms with van der Waals surface area (Å²) in [5.41, 5.74) is 5.17. The number of nitrogens with two attached hydrogens (primary N) is 1. The van der Waals surface area contributed by atoms with E-state index in [1.165, 1.54) is 11.8 Å². The molecule has 0 saturated carbocycles. The van der Waals surface area contributed by atoms with Gasteiger partial charge in [0.2, 0.25) is 17.7 Å². The molecule has 0 aromatic carbocycles. The Morgan fingerprint density at radius 3 is 1.88 bits per heavy atom. The second-order valence-electron chi connectivity index (χ2n) is 4.93. The van der Waals surface area contributed by atoms with Gasteiger partial charge in [0, 0.05) is 11.5 Å². The van der Waals surface area contributed by atoms with E-state index in [-0.39, 0.29) is 24.5 Å². The first-order valence-electron chi connectivity index (χ1n) is 7.34. The first-order chi connectivity index (χ1) is 11.8. The Balaban J connectivity index is 4.83. The number of amides is 3. The molecule has 0 radical (unpaired) electrons. The van der Waals surface area contributed by atoms with Gasteiger partial charge in [-0.15, -0.1) is 0 Å². The second kappa shape index (κ2) is 13.1. The van der Waals surface area contributed by atoms with Gasteiger partial charge in [0.1, 0.15) is 18.1 Å². The number of hydrogen-bond donors (Lipinski definition) is 7. The van der Waals surface area contributed by atoms with Crippen molar-refractivity contribution < 1.29 is 24.3 Å². The Morgan fingerprint density at radius 1 is 1.00 bits per heavy atom. The highest BCUT2D eigenvalue weighted by Gasteiger charge is 2.28. The van der Waals surface area contributed by atoms with E-state index in [9.17, 15) is 19.2 Å². The molecule has 6 N–H and O–H groups in total. The van der Waals surface area contributed by atoms with Crippen LogP contribution in [0.4, 0.5) is 0 Å². The molecule has 0 heterocycles. The van der Waals surface area contributed by atoms with Gasteiger partial charge in [0.25, 0.3) is 0 Å². The fraction of sp³-hybridized carbons (Fsp3) is 0.692. The lowest BCUT2D eigenvalue weighted by Gasteiger charge is -2.22. The van der Waals surface area contributed by atoms with Gasteiger partial charge >= 0.3 is 5.97 Å². The summed E-state index contributed by atoms with van der Waals surface area (Å²) in [6.07, 6.45) is 2.08. The Labute approximate surface area is 161 Å². The number of carboxylic acids is 1. The second-order valence-corrected chi connectivity index (χ2v) is 6.65. The summed E-state index contributed by atoms with van der Waals surface area (Å²) in [5, 5.41) is 16.3. The number of thioether (sulfide) groups is 1. The van der Waals surface area contributed by atoms with Crippen LogP contribution in [0, 0.1) is 0 Å². The molecule has 144 valence electrons. The molecule has 0 aliphatic heterocycles. The van der Waals surface area contributed by atoms with Crippen molar-refractivity contribution in [1.29, 1.82) is 0 Å². The van der Waals surface area contributed by atoms with Crippen LogP contribution in [-0.4, -0.2) is 77.0 Å². The number of carbonyl (C=O) groups is 4. The van der Waals surface area contributed by atoms with Crippen molar-refractivity contribution in [2.75, 3.05) is 30.1 Å².